The van der Waals surface area contributed by atoms with E-state index in [-0.39, 0.29) is 29.6 Å². The Kier molecular flexibility index (Phi) is 9.46. The number of ether oxygens (including phenoxy) is 3. The van der Waals surface area contributed by atoms with Crippen LogP contribution in [0.25, 0.3) is 6.08 Å². The van der Waals surface area contributed by atoms with Gasteiger partial charge in [0, 0.05) is 16.1 Å². The number of aliphatic hydroxyl groups excluding tert-OH is 1. The Bertz CT molecular complexity index is 1470. The Labute approximate surface area is 235 Å². The number of aliphatic imine (C=N–C) groups is 1. The molecule has 1 amide bonds. The summed E-state index contributed by atoms with van der Waals surface area (Å²) < 4.78 is 16.9. The van der Waals surface area contributed by atoms with Crippen molar-refractivity contribution in [2.45, 2.75) is 20.5 Å². The maximum Gasteiger partial charge on any atom is 0.344 e. The number of hydrogen-bond acceptors (Lipinski definition) is 7. The molecule has 200 valence electrons. The first-order valence-corrected chi connectivity index (χ1v) is 13.4. The van der Waals surface area contributed by atoms with Gasteiger partial charge in [-0.1, -0.05) is 65.8 Å². The number of benzene rings is 3. The molecule has 0 saturated carbocycles. The predicted octanol–water partition coefficient (Wildman–Crippen LogP) is 7.02. The van der Waals surface area contributed by atoms with E-state index in [1.165, 1.54) is 0 Å². The molecule has 0 saturated heterocycles. The number of rotatable bonds is 9. The van der Waals surface area contributed by atoms with Crippen molar-refractivity contribution in [3.63, 3.8) is 0 Å². The second kappa shape index (κ2) is 13.2. The number of amides is 1. The first-order chi connectivity index (χ1) is 18.9. The predicted molar refractivity (Wildman–Crippen MR) is 153 cm³/mol. The fourth-order valence-corrected chi connectivity index (χ4v) is 4.86. The van der Waals surface area contributed by atoms with Crippen molar-refractivity contribution < 1.29 is 28.9 Å². The number of aliphatic hydroxyl groups is 1. The molecule has 1 N–H and O–H groups in total. The molecule has 0 fully saturated rings. The Morgan fingerprint density at radius 1 is 0.949 bits per heavy atom. The van der Waals surface area contributed by atoms with Gasteiger partial charge in [0.2, 0.25) is 0 Å². The summed E-state index contributed by atoms with van der Waals surface area (Å²) in [6.45, 7) is 4.30. The monoisotopic (exact) mass is 563 g/mol. The van der Waals surface area contributed by atoms with Gasteiger partial charge in [0.15, 0.2) is 11.5 Å². The highest BCUT2D eigenvalue weighted by atomic mass is 35.5. The Hall–Kier alpha value is -4.01. The summed E-state index contributed by atoms with van der Waals surface area (Å²) in [5.74, 6) is -0.573. The first kappa shape index (κ1) is 28.0. The molecule has 0 unspecified atom stereocenters. The van der Waals surface area contributed by atoms with E-state index in [0.29, 0.717) is 39.2 Å². The summed E-state index contributed by atoms with van der Waals surface area (Å²) in [6.07, 6.45) is 1.68. The third-order valence-electron chi connectivity index (χ3n) is 5.50. The van der Waals surface area contributed by atoms with Gasteiger partial charge >= 0.3 is 5.97 Å². The molecular formula is C30H26ClNO6S. The molecule has 1 aliphatic rings. The van der Waals surface area contributed by atoms with E-state index in [0.717, 1.165) is 17.3 Å². The van der Waals surface area contributed by atoms with Crippen molar-refractivity contribution in [2.24, 2.45) is 4.99 Å². The lowest BCUT2D eigenvalue weighted by Crippen LogP contribution is -2.14. The number of carbonyl (C=O) groups excluding carboxylic acids is 2. The normalized spacial score (nSPS) is 15.1. The van der Waals surface area contributed by atoms with Crippen LogP contribution >= 0.6 is 23.4 Å². The SMILES string of the molecule is CCOC(=O)C1=C(O)/C(=C/c2ccc(OCc3ccccc3Cl)c(OCC)c2)SC1=NC(=O)c1ccccc1. The van der Waals surface area contributed by atoms with E-state index in [1.807, 2.05) is 25.1 Å². The zero-order valence-corrected chi connectivity index (χ0v) is 22.9. The molecule has 0 aromatic heterocycles. The van der Waals surface area contributed by atoms with Gasteiger partial charge in [-0.05, 0) is 55.8 Å². The van der Waals surface area contributed by atoms with Crippen LogP contribution in [0.1, 0.15) is 35.3 Å². The minimum atomic E-state index is -0.760. The van der Waals surface area contributed by atoms with Gasteiger partial charge in [0.1, 0.15) is 23.0 Å². The van der Waals surface area contributed by atoms with Crippen LogP contribution < -0.4 is 9.47 Å². The van der Waals surface area contributed by atoms with Gasteiger partial charge in [-0.25, -0.2) is 9.79 Å². The lowest BCUT2D eigenvalue weighted by atomic mass is 10.1. The molecule has 0 bridgehead atoms. The molecule has 9 heteroatoms. The van der Waals surface area contributed by atoms with Gasteiger partial charge in [-0.15, -0.1) is 0 Å². The average molecular weight is 564 g/mol. The van der Waals surface area contributed by atoms with Crippen LogP contribution in [0.4, 0.5) is 0 Å². The molecule has 39 heavy (non-hydrogen) atoms. The lowest BCUT2D eigenvalue weighted by Gasteiger charge is -2.13. The van der Waals surface area contributed by atoms with Gasteiger partial charge in [-0.3, -0.25) is 4.79 Å². The minimum absolute atomic E-state index is 0.0655. The summed E-state index contributed by atoms with van der Waals surface area (Å²) in [5.41, 5.74) is 1.73. The van der Waals surface area contributed by atoms with Crippen LogP contribution in [0, 0.1) is 0 Å². The topological polar surface area (TPSA) is 94.4 Å². The van der Waals surface area contributed by atoms with E-state index < -0.39 is 11.9 Å². The highest BCUT2D eigenvalue weighted by molar-refractivity contribution is 8.18. The van der Waals surface area contributed by atoms with E-state index in [1.54, 1.807) is 67.6 Å². The Morgan fingerprint density at radius 3 is 2.41 bits per heavy atom. The summed E-state index contributed by atoms with van der Waals surface area (Å²) in [7, 11) is 0. The largest absolute Gasteiger partial charge is 0.506 e. The molecule has 0 radical (unpaired) electrons. The van der Waals surface area contributed by atoms with Crippen molar-refractivity contribution in [3.05, 3.63) is 111 Å². The van der Waals surface area contributed by atoms with Gasteiger partial charge in [0.25, 0.3) is 5.91 Å². The molecular weight excluding hydrogens is 538 g/mol. The van der Waals surface area contributed by atoms with Crippen LogP contribution in [0.15, 0.2) is 94.0 Å². The van der Waals surface area contributed by atoms with Crippen LogP contribution in [0.2, 0.25) is 5.02 Å². The van der Waals surface area contributed by atoms with Crippen molar-refractivity contribution in [1.29, 1.82) is 0 Å². The van der Waals surface area contributed by atoms with Crippen LogP contribution in [-0.4, -0.2) is 35.2 Å². The van der Waals surface area contributed by atoms with E-state index in [4.69, 9.17) is 25.8 Å². The fourth-order valence-electron chi connectivity index (χ4n) is 3.65. The number of hydrogen-bond donors (Lipinski definition) is 1. The van der Waals surface area contributed by atoms with E-state index in [9.17, 15) is 14.7 Å². The zero-order valence-electron chi connectivity index (χ0n) is 21.3. The van der Waals surface area contributed by atoms with Gasteiger partial charge in [-0.2, -0.15) is 0 Å². The molecule has 0 spiro atoms. The number of nitrogens with zero attached hydrogens (tertiary/aromatic N) is 1. The third-order valence-corrected chi connectivity index (χ3v) is 6.89. The minimum Gasteiger partial charge on any atom is -0.506 e. The van der Waals surface area contributed by atoms with Crippen LogP contribution in [0.3, 0.4) is 0 Å². The maximum absolute atomic E-state index is 12.7. The number of esters is 1. The molecule has 7 nitrogen and oxygen atoms in total. The lowest BCUT2D eigenvalue weighted by molar-refractivity contribution is -0.138. The highest BCUT2D eigenvalue weighted by Gasteiger charge is 2.34. The van der Waals surface area contributed by atoms with Crippen molar-refractivity contribution in [2.75, 3.05) is 13.2 Å². The van der Waals surface area contributed by atoms with Crippen molar-refractivity contribution in [1.82, 2.24) is 0 Å². The standard InChI is InChI=1S/C30H26ClNO6S/c1-3-36-24-16-19(14-15-23(24)38-18-21-12-8-9-13-22(21)31)17-25-27(33)26(30(35)37-4-2)29(39-25)32-28(34)20-10-6-5-7-11-20/h5-17,33H,3-4,18H2,1-2H3/b25-17-,32-29?. The third kappa shape index (κ3) is 6.90. The summed E-state index contributed by atoms with van der Waals surface area (Å²) in [4.78, 5) is 29.8. The van der Waals surface area contributed by atoms with E-state index >= 15 is 0 Å². The first-order valence-electron chi connectivity index (χ1n) is 12.2. The van der Waals surface area contributed by atoms with Crippen molar-refractivity contribution in [3.8, 4) is 11.5 Å². The second-order valence-corrected chi connectivity index (χ2v) is 9.60. The zero-order chi connectivity index (χ0) is 27.8. The highest BCUT2D eigenvalue weighted by Crippen LogP contribution is 2.40. The Morgan fingerprint density at radius 2 is 1.69 bits per heavy atom. The van der Waals surface area contributed by atoms with E-state index in [2.05, 4.69) is 4.99 Å². The van der Waals surface area contributed by atoms with Crippen LogP contribution in [-0.2, 0) is 16.1 Å². The quantitative estimate of drug-likeness (QED) is 0.279. The molecule has 3 aromatic rings. The molecule has 3 aromatic carbocycles. The Balaban J connectivity index is 1.64. The van der Waals surface area contributed by atoms with Gasteiger partial charge < -0.3 is 19.3 Å². The van der Waals surface area contributed by atoms with Crippen LogP contribution in [0.5, 0.6) is 11.5 Å². The molecule has 0 atom stereocenters. The number of carbonyl (C=O) groups is 2. The molecule has 0 aliphatic carbocycles. The maximum atomic E-state index is 12.7. The smallest absolute Gasteiger partial charge is 0.344 e. The average Bonchev–Trinajstić information content (AvgIpc) is 3.23. The summed E-state index contributed by atoms with van der Waals surface area (Å²) in [6, 6.07) is 21.2. The summed E-state index contributed by atoms with van der Waals surface area (Å²) >= 11 is 7.25. The summed E-state index contributed by atoms with van der Waals surface area (Å²) in [5, 5.41) is 11.6. The number of halogens is 1. The van der Waals surface area contributed by atoms with Crippen molar-refractivity contribution >= 4 is 46.4 Å². The second-order valence-electron chi connectivity index (χ2n) is 8.16. The van der Waals surface area contributed by atoms with Gasteiger partial charge in [0.05, 0.1) is 18.1 Å². The molecule has 1 aliphatic heterocycles. The fraction of sp³-hybridized carbons (Fsp3) is 0.167. The number of thioether (sulfide) groups is 1. The molecule has 4 rings (SSSR count). The molecule has 1 heterocycles.